The molecular formula is C27H24ClF3N4O4S. The van der Waals surface area contributed by atoms with Gasteiger partial charge < -0.3 is 19.5 Å². The van der Waals surface area contributed by atoms with Gasteiger partial charge >= 0.3 is 12.1 Å². The lowest BCUT2D eigenvalue weighted by Gasteiger charge is -2.31. The van der Waals surface area contributed by atoms with Gasteiger partial charge in [-0.05, 0) is 53.5 Å². The highest BCUT2D eigenvalue weighted by Gasteiger charge is 2.34. The number of aromatic nitrogens is 1. The number of carbonyl (C=O) groups excluding carboxylic acids is 1. The molecule has 0 radical (unpaired) electrons. The molecule has 3 heterocycles. The van der Waals surface area contributed by atoms with Crippen LogP contribution in [0.4, 0.5) is 18.3 Å². The fraction of sp³-hybridized carbons (Fsp3) is 0.333. The number of aromatic hydroxyl groups is 1. The minimum atomic E-state index is -4.62. The first-order valence-corrected chi connectivity index (χ1v) is 13.6. The largest absolute Gasteiger partial charge is 0.492 e. The molecule has 13 heteroatoms. The SMILES string of the molecule is COC(=O)COC1CCN(c2nc(O)c(C(Cc3ccc(Cl)cc3C(F)(F)F)=c3ccc4c(c3)C=NN=4)s2)CC1. The van der Waals surface area contributed by atoms with E-state index in [9.17, 15) is 23.1 Å². The maximum atomic E-state index is 13.9. The summed E-state index contributed by atoms with van der Waals surface area (Å²) >= 11 is 7.12. The number of methoxy groups -OCH3 is 1. The zero-order chi connectivity index (χ0) is 28.4. The molecule has 0 bridgehead atoms. The minimum Gasteiger partial charge on any atom is -0.492 e. The lowest BCUT2D eigenvalue weighted by atomic mass is 9.96. The molecule has 210 valence electrons. The van der Waals surface area contributed by atoms with Crippen LogP contribution in [0, 0.1) is 0 Å². The Kier molecular flexibility index (Phi) is 8.11. The molecule has 0 saturated carbocycles. The van der Waals surface area contributed by atoms with Crippen molar-refractivity contribution < 1.29 is 32.5 Å². The number of fused-ring (bicyclic) bond motifs is 1. The molecule has 3 aromatic rings. The molecule has 2 aliphatic heterocycles. The standard InChI is InChI=1S/C27H24ClF3N4O4S/c1-38-23(36)14-39-19-6-8-35(9-7-19)26-33-25(37)24(40-26)20(15-3-5-22-17(10-15)13-32-34-22)11-16-2-4-18(28)12-21(16)27(29,30)31/h2-5,10,12-13,19,37H,6-9,11,14H2,1H3. The summed E-state index contributed by atoms with van der Waals surface area (Å²) in [7, 11) is 1.30. The first-order chi connectivity index (χ1) is 19.1. The first kappa shape index (κ1) is 28.1. The quantitative estimate of drug-likeness (QED) is 0.415. The predicted octanol–water partition coefficient (Wildman–Crippen LogP) is 4.09. The summed E-state index contributed by atoms with van der Waals surface area (Å²) < 4.78 is 52.0. The lowest BCUT2D eigenvalue weighted by Crippen LogP contribution is -2.37. The van der Waals surface area contributed by atoms with Gasteiger partial charge in [-0.1, -0.05) is 35.1 Å². The number of benzene rings is 2. The lowest BCUT2D eigenvalue weighted by molar-refractivity contribution is -0.148. The number of piperidine rings is 1. The molecule has 0 amide bonds. The Bertz CT molecular complexity index is 1580. The molecule has 0 aliphatic carbocycles. The molecule has 40 heavy (non-hydrogen) atoms. The van der Waals surface area contributed by atoms with E-state index in [0.717, 1.165) is 11.6 Å². The molecule has 8 nitrogen and oxygen atoms in total. The minimum absolute atomic E-state index is 0.0173. The predicted molar refractivity (Wildman–Crippen MR) is 144 cm³/mol. The van der Waals surface area contributed by atoms with Crippen molar-refractivity contribution in [2.24, 2.45) is 10.2 Å². The number of esters is 1. The van der Waals surface area contributed by atoms with Crippen molar-refractivity contribution in [3.05, 3.63) is 73.6 Å². The zero-order valence-corrected chi connectivity index (χ0v) is 22.8. The van der Waals surface area contributed by atoms with E-state index < -0.39 is 17.7 Å². The van der Waals surface area contributed by atoms with Crippen molar-refractivity contribution in [1.82, 2.24) is 4.98 Å². The maximum Gasteiger partial charge on any atom is 0.416 e. The van der Waals surface area contributed by atoms with Crippen molar-refractivity contribution >= 4 is 45.8 Å². The number of halogens is 4. The summed E-state index contributed by atoms with van der Waals surface area (Å²) in [4.78, 5) is 18.1. The highest BCUT2D eigenvalue weighted by Crippen LogP contribution is 2.40. The Hall–Kier alpha value is -3.48. The Balaban J connectivity index is 1.49. The fourth-order valence-corrected chi connectivity index (χ4v) is 5.90. The second-order valence-electron chi connectivity index (χ2n) is 9.30. The van der Waals surface area contributed by atoms with Crippen LogP contribution in [0.2, 0.25) is 5.02 Å². The van der Waals surface area contributed by atoms with Crippen LogP contribution in [0.3, 0.4) is 0 Å². The highest BCUT2D eigenvalue weighted by atomic mass is 35.5. The third kappa shape index (κ3) is 6.13. The Morgan fingerprint density at radius 2 is 1.98 bits per heavy atom. The number of alkyl halides is 3. The third-order valence-corrected chi connectivity index (χ3v) is 8.13. The number of ether oxygens (including phenoxy) is 2. The Morgan fingerprint density at radius 1 is 1.20 bits per heavy atom. The van der Waals surface area contributed by atoms with Crippen molar-refractivity contribution in [3.8, 4) is 5.88 Å². The highest BCUT2D eigenvalue weighted by molar-refractivity contribution is 7.17. The monoisotopic (exact) mass is 592 g/mol. The van der Waals surface area contributed by atoms with Gasteiger partial charge in [-0.3, -0.25) is 0 Å². The number of rotatable bonds is 7. The van der Waals surface area contributed by atoms with Gasteiger partial charge in [0.1, 0.15) is 6.61 Å². The number of thiazole rings is 1. The van der Waals surface area contributed by atoms with Crippen LogP contribution in [0.15, 0.2) is 46.6 Å². The van der Waals surface area contributed by atoms with E-state index in [1.54, 1.807) is 24.4 Å². The van der Waals surface area contributed by atoms with E-state index in [4.69, 9.17) is 16.3 Å². The maximum absolute atomic E-state index is 13.9. The fourth-order valence-electron chi connectivity index (χ4n) is 4.65. The molecule has 1 N–H and O–H groups in total. The van der Waals surface area contributed by atoms with Crippen LogP contribution in [0.5, 0.6) is 5.88 Å². The zero-order valence-electron chi connectivity index (χ0n) is 21.2. The van der Waals surface area contributed by atoms with Crippen molar-refractivity contribution in [1.29, 1.82) is 0 Å². The van der Waals surface area contributed by atoms with E-state index in [1.165, 1.54) is 30.6 Å². The molecule has 0 spiro atoms. The van der Waals surface area contributed by atoms with E-state index in [2.05, 4.69) is 19.9 Å². The topological polar surface area (TPSA) is 96.6 Å². The van der Waals surface area contributed by atoms with E-state index in [1.807, 2.05) is 4.90 Å². The molecule has 0 atom stereocenters. The first-order valence-electron chi connectivity index (χ1n) is 12.4. The van der Waals surface area contributed by atoms with Gasteiger partial charge in [-0.25, -0.2) is 4.79 Å². The smallest absolute Gasteiger partial charge is 0.416 e. The number of carbonyl (C=O) groups is 1. The molecule has 1 fully saturated rings. The van der Waals surface area contributed by atoms with Crippen LogP contribution in [-0.2, 0) is 26.9 Å². The molecule has 5 rings (SSSR count). The Labute approximate surface area is 236 Å². The molecule has 2 aliphatic rings. The van der Waals surface area contributed by atoms with Crippen LogP contribution in [0.1, 0.15) is 34.4 Å². The normalized spacial score (nSPS) is 16.1. The molecule has 0 unspecified atom stereocenters. The number of nitrogens with zero attached hydrogens (tertiary/aromatic N) is 4. The second-order valence-corrected chi connectivity index (χ2v) is 10.7. The van der Waals surface area contributed by atoms with Gasteiger partial charge in [0.25, 0.3) is 0 Å². The Morgan fingerprint density at radius 3 is 2.70 bits per heavy atom. The molecule has 1 aromatic heterocycles. The van der Waals surface area contributed by atoms with Crippen LogP contribution < -0.4 is 15.5 Å². The number of hydrogen-bond acceptors (Lipinski definition) is 9. The van der Waals surface area contributed by atoms with Crippen LogP contribution in [-0.4, -0.2) is 55.2 Å². The summed E-state index contributed by atoms with van der Waals surface area (Å²) in [5.74, 6) is -0.707. The summed E-state index contributed by atoms with van der Waals surface area (Å²) in [6.45, 7) is 1.02. The van der Waals surface area contributed by atoms with Crippen molar-refractivity contribution in [2.75, 3.05) is 31.7 Å². The van der Waals surface area contributed by atoms with Gasteiger partial charge in [0, 0.05) is 30.1 Å². The van der Waals surface area contributed by atoms with Gasteiger partial charge in [0.2, 0.25) is 5.88 Å². The van der Waals surface area contributed by atoms with Gasteiger partial charge in [0.05, 0.1) is 35.2 Å². The van der Waals surface area contributed by atoms with Crippen LogP contribution in [0.25, 0.3) is 5.57 Å². The van der Waals surface area contributed by atoms with E-state index in [-0.39, 0.29) is 35.6 Å². The summed E-state index contributed by atoms with van der Waals surface area (Å²) in [5, 5.41) is 20.7. The number of anilines is 1. The van der Waals surface area contributed by atoms with E-state index >= 15 is 0 Å². The van der Waals surface area contributed by atoms with Crippen LogP contribution >= 0.6 is 22.9 Å². The second kappa shape index (κ2) is 11.6. The van der Waals surface area contributed by atoms with Crippen molar-refractivity contribution in [3.63, 3.8) is 0 Å². The van der Waals surface area contributed by atoms with Gasteiger partial charge in [-0.15, -0.1) is 0 Å². The summed E-state index contributed by atoms with van der Waals surface area (Å²) in [6, 6.07) is 8.96. The molecule has 1 saturated heterocycles. The molecule has 2 aromatic carbocycles. The molecular weight excluding hydrogens is 569 g/mol. The third-order valence-electron chi connectivity index (χ3n) is 6.73. The average molecular weight is 593 g/mol. The van der Waals surface area contributed by atoms with Crippen molar-refractivity contribution in [2.45, 2.75) is 31.5 Å². The number of hydrogen-bond donors (Lipinski definition) is 1. The summed E-state index contributed by atoms with van der Waals surface area (Å²) in [5.41, 5.74) is 0.381. The van der Waals surface area contributed by atoms with Gasteiger partial charge in [0.15, 0.2) is 5.13 Å². The average Bonchev–Trinajstić information content (AvgIpc) is 3.56. The van der Waals surface area contributed by atoms with Gasteiger partial charge in [-0.2, -0.15) is 28.4 Å². The van der Waals surface area contributed by atoms with E-state index in [0.29, 0.717) is 52.1 Å². The summed E-state index contributed by atoms with van der Waals surface area (Å²) in [6.07, 6.45) is -2.01.